The van der Waals surface area contributed by atoms with E-state index in [9.17, 15) is 8.42 Å². The first-order valence-electron chi connectivity index (χ1n) is 5.73. The van der Waals surface area contributed by atoms with Crippen LogP contribution >= 0.6 is 0 Å². The van der Waals surface area contributed by atoms with Gasteiger partial charge in [0.05, 0.1) is 10.5 Å². The van der Waals surface area contributed by atoms with Gasteiger partial charge in [0.15, 0.2) is 0 Å². The molecular formula is C12H13N5O3S. The highest BCUT2D eigenvalue weighted by Gasteiger charge is 2.12. The lowest BCUT2D eigenvalue weighted by molar-refractivity contribution is 0.409. The summed E-state index contributed by atoms with van der Waals surface area (Å²) in [7, 11) is -3.73. The van der Waals surface area contributed by atoms with Gasteiger partial charge in [0.1, 0.15) is 0 Å². The van der Waals surface area contributed by atoms with Gasteiger partial charge in [0, 0.05) is 11.8 Å². The van der Waals surface area contributed by atoms with Crippen LogP contribution in [0, 0.1) is 0 Å². The molecule has 0 radical (unpaired) electrons. The van der Waals surface area contributed by atoms with E-state index in [0.29, 0.717) is 11.1 Å². The van der Waals surface area contributed by atoms with E-state index in [2.05, 4.69) is 10.1 Å². The normalized spacial score (nSPS) is 12.9. The Kier molecular flexibility index (Phi) is 4.05. The van der Waals surface area contributed by atoms with E-state index in [-0.39, 0.29) is 16.6 Å². The van der Waals surface area contributed by atoms with Crippen LogP contribution in [0.4, 0.5) is 0 Å². The second-order valence-corrected chi connectivity index (χ2v) is 5.54. The van der Waals surface area contributed by atoms with Gasteiger partial charge < -0.3 is 16.0 Å². The maximum atomic E-state index is 11.2. The zero-order chi connectivity index (χ0) is 15.5. The Morgan fingerprint density at radius 3 is 2.38 bits per heavy atom. The first-order valence-corrected chi connectivity index (χ1v) is 7.28. The molecule has 0 unspecified atom stereocenters. The van der Waals surface area contributed by atoms with Crippen LogP contribution in [-0.4, -0.2) is 18.6 Å². The quantitative estimate of drug-likeness (QED) is 0.680. The van der Waals surface area contributed by atoms with Crippen LogP contribution in [-0.2, 0) is 10.0 Å². The molecule has 9 heteroatoms. The standard InChI is InChI=1S/C12H13N5O3S/c13-6-5-9(7-14)12-16-11(17-20-12)8-1-3-10(4-2-8)21(15,18)19/h1-7H,13-14H2,(H2,15,18,19)/b6-5-,9-7+. The Labute approximate surface area is 121 Å². The Morgan fingerprint density at radius 2 is 1.86 bits per heavy atom. The Hall–Kier alpha value is -2.65. The van der Waals surface area contributed by atoms with Crippen LogP contribution in [0.2, 0.25) is 0 Å². The smallest absolute Gasteiger partial charge is 0.259 e. The van der Waals surface area contributed by atoms with Gasteiger partial charge in [0.25, 0.3) is 5.89 Å². The molecule has 0 atom stereocenters. The fourth-order valence-corrected chi connectivity index (χ4v) is 2.07. The number of nitrogens with zero attached hydrogens (tertiary/aromatic N) is 2. The lowest BCUT2D eigenvalue weighted by Gasteiger charge is -1.98. The van der Waals surface area contributed by atoms with E-state index in [0.717, 1.165) is 0 Å². The molecule has 110 valence electrons. The van der Waals surface area contributed by atoms with Crippen molar-refractivity contribution in [1.82, 2.24) is 10.1 Å². The van der Waals surface area contributed by atoms with Gasteiger partial charge >= 0.3 is 0 Å². The molecule has 0 spiro atoms. The van der Waals surface area contributed by atoms with E-state index in [1.807, 2.05) is 0 Å². The summed E-state index contributed by atoms with van der Waals surface area (Å²) in [6, 6.07) is 5.78. The van der Waals surface area contributed by atoms with Crippen molar-refractivity contribution >= 4 is 15.6 Å². The highest BCUT2D eigenvalue weighted by Crippen LogP contribution is 2.20. The second kappa shape index (κ2) is 5.77. The molecule has 2 aromatic rings. The fourth-order valence-electron chi connectivity index (χ4n) is 1.55. The van der Waals surface area contributed by atoms with E-state index < -0.39 is 10.0 Å². The molecule has 0 bridgehead atoms. The van der Waals surface area contributed by atoms with Crippen molar-refractivity contribution in [2.75, 3.05) is 0 Å². The zero-order valence-corrected chi connectivity index (χ0v) is 11.6. The van der Waals surface area contributed by atoms with Crippen molar-refractivity contribution in [3.8, 4) is 11.4 Å². The number of sulfonamides is 1. The summed E-state index contributed by atoms with van der Waals surface area (Å²) >= 11 is 0. The molecule has 8 nitrogen and oxygen atoms in total. The predicted molar refractivity (Wildman–Crippen MR) is 76.6 cm³/mol. The van der Waals surface area contributed by atoms with Gasteiger partial charge in [-0.3, -0.25) is 0 Å². The molecule has 2 rings (SSSR count). The SMILES string of the molecule is N/C=C\C(=C/N)c1nc(-c2ccc(S(N)(=O)=O)cc2)no1. The summed E-state index contributed by atoms with van der Waals surface area (Å²) < 4.78 is 27.4. The maximum absolute atomic E-state index is 11.2. The minimum atomic E-state index is -3.73. The van der Waals surface area contributed by atoms with E-state index in [4.69, 9.17) is 21.1 Å². The molecule has 6 N–H and O–H groups in total. The van der Waals surface area contributed by atoms with E-state index >= 15 is 0 Å². The molecule has 0 amide bonds. The predicted octanol–water partition coefficient (Wildman–Crippen LogP) is 0.156. The van der Waals surface area contributed by atoms with Crippen LogP contribution in [0.25, 0.3) is 17.0 Å². The van der Waals surface area contributed by atoms with Gasteiger partial charge in [0.2, 0.25) is 15.8 Å². The third-order valence-electron chi connectivity index (χ3n) is 2.57. The molecule has 1 aromatic heterocycles. The number of aromatic nitrogens is 2. The fraction of sp³-hybridized carbons (Fsp3) is 0. The first kappa shape index (κ1) is 14.8. The topological polar surface area (TPSA) is 151 Å². The monoisotopic (exact) mass is 307 g/mol. The van der Waals surface area contributed by atoms with Crippen molar-refractivity contribution in [2.45, 2.75) is 4.90 Å². The van der Waals surface area contributed by atoms with E-state index in [1.54, 1.807) is 0 Å². The summed E-state index contributed by atoms with van der Waals surface area (Å²) in [5, 5.41) is 8.81. The van der Waals surface area contributed by atoms with Crippen LogP contribution < -0.4 is 16.6 Å². The summed E-state index contributed by atoms with van der Waals surface area (Å²) in [6.45, 7) is 0. The number of primary sulfonamides is 1. The van der Waals surface area contributed by atoms with Gasteiger partial charge in [-0.1, -0.05) is 5.16 Å². The molecule has 0 saturated heterocycles. The number of benzene rings is 1. The number of hydrogen-bond acceptors (Lipinski definition) is 7. The molecule has 0 aliphatic heterocycles. The molecule has 21 heavy (non-hydrogen) atoms. The van der Waals surface area contributed by atoms with Crippen molar-refractivity contribution in [1.29, 1.82) is 0 Å². The van der Waals surface area contributed by atoms with Crippen LogP contribution in [0.3, 0.4) is 0 Å². The maximum Gasteiger partial charge on any atom is 0.259 e. The third kappa shape index (κ3) is 3.27. The highest BCUT2D eigenvalue weighted by atomic mass is 32.2. The Bertz CT molecular complexity index is 791. The molecule has 0 aliphatic carbocycles. The highest BCUT2D eigenvalue weighted by molar-refractivity contribution is 7.89. The Morgan fingerprint density at radius 1 is 1.19 bits per heavy atom. The minimum Gasteiger partial charge on any atom is -0.405 e. The van der Waals surface area contributed by atoms with Gasteiger partial charge in [-0.25, -0.2) is 13.6 Å². The molecular weight excluding hydrogens is 294 g/mol. The summed E-state index contributed by atoms with van der Waals surface area (Å²) in [5.41, 5.74) is 11.8. The number of nitrogens with two attached hydrogens (primary N) is 3. The molecule has 1 heterocycles. The molecule has 0 aliphatic rings. The average Bonchev–Trinajstić information content (AvgIpc) is 2.93. The van der Waals surface area contributed by atoms with Crippen molar-refractivity contribution in [3.63, 3.8) is 0 Å². The summed E-state index contributed by atoms with van der Waals surface area (Å²) in [4.78, 5) is 4.15. The van der Waals surface area contributed by atoms with Crippen molar-refractivity contribution < 1.29 is 12.9 Å². The average molecular weight is 307 g/mol. The van der Waals surface area contributed by atoms with Crippen molar-refractivity contribution in [3.05, 3.63) is 48.6 Å². The molecule has 1 aromatic carbocycles. The summed E-state index contributed by atoms with van der Waals surface area (Å²) in [5.74, 6) is 0.487. The van der Waals surface area contributed by atoms with Gasteiger partial charge in [-0.15, -0.1) is 0 Å². The molecule has 0 fully saturated rings. The lowest BCUT2D eigenvalue weighted by atomic mass is 10.2. The van der Waals surface area contributed by atoms with Gasteiger partial charge in [-0.2, -0.15) is 4.98 Å². The number of allylic oxidation sites excluding steroid dienone is 2. The zero-order valence-electron chi connectivity index (χ0n) is 10.8. The van der Waals surface area contributed by atoms with Gasteiger partial charge in [-0.05, 0) is 36.5 Å². The third-order valence-corrected chi connectivity index (χ3v) is 3.50. The summed E-state index contributed by atoms with van der Waals surface area (Å²) in [6.07, 6.45) is 4.09. The number of hydrogen-bond donors (Lipinski definition) is 3. The van der Waals surface area contributed by atoms with Crippen LogP contribution in [0.15, 0.2) is 52.2 Å². The first-order chi connectivity index (χ1) is 9.95. The molecule has 0 saturated carbocycles. The number of rotatable bonds is 4. The second-order valence-electron chi connectivity index (χ2n) is 3.97. The lowest BCUT2D eigenvalue weighted by Crippen LogP contribution is -2.11. The van der Waals surface area contributed by atoms with Crippen molar-refractivity contribution in [2.24, 2.45) is 16.6 Å². The van der Waals surface area contributed by atoms with Crippen LogP contribution in [0.5, 0.6) is 0 Å². The van der Waals surface area contributed by atoms with E-state index in [1.165, 1.54) is 42.7 Å². The largest absolute Gasteiger partial charge is 0.405 e. The minimum absolute atomic E-state index is 0.00331. The van der Waals surface area contributed by atoms with Crippen LogP contribution in [0.1, 0.15) is 5.89 Å². The Balaban J connectivity index is 2.34.